The van der Waals surface area contributed by atoms with E-state index in [4.69, 9.17) is 0 Å². The van der Waals surface area contributed by atoms with E-state index in [1.807, 2.05) is 36.4 Å². The maximum Gasteiger partial charge on any atom is 0.179 e. The second-order valence-corrected chi connectivity index (χ2v) is 7.68. The van der Waals surface area contributed by atoms with E-state index in [0.29, 0.717) is 6.42 Å². The van der Waals surface area contributed by atoms with Crippen molar-refractivity contribution in [2.75, 3.05) is 10.6 Å². The minimum absolute atomic E-state index is 0.0645. The Morgan fingerprint density at radius 1 is 1.00 bits per heavy atom. The van der Waals surface area contributed by atoms with Gasteiger partial charge in [-0.25, -0.2) is 0 Å². The number of phenols is 1. The van der Waals surface area contributed by atoms with Gasteiger partial charge in [0.15, 0.2) is 5.78 Å². The van der Waals surface area contributed by atoms with Crippen LogP contribution in [0.15, 0.2) is 59.8 Å². The monoisotopic (exact) mass is 334 g/mol. The zero-order valence-corrected chi connectivity index (χ0v) is 14.5. The Labute approximate surface area is 147 Å². The molecular weight excluding hydrogens is 312 g/mol. The number of para-hydroxylation sites is 2. The Hall–Kier alpha value is -2.75. The second-order valence-electron chi connectivity index (χ2n) is 7.68. The number of aromatic hydroxyl groups is 1. The molecule has 0 spiro atoms. The highest BCUT2D eigenvalue weighted by Crippen LogP contribution is 2.46. The number of allylic oxidation sites excluding steroid dienone is 1. The fourth-order valence-corrected chi connectivity index (χ4v) is 3.81. The van der Waals surface area contributed by atoms with Crippen molar-refractivity contribution in [2.24, 2.45) is 5.41 Å². The topological polar surface area (TPSA) is 61.4 Å². The van der Waals surface area contributed by atoms with Gasteiger partial charge in [-0.3, -0.25) is 4.79 Å². The van der Waals surface area contributed by atoms with Gasteiger partial charge in [-0.05, 0) is 47.2 Å². The maximum absolute atomic E-state index is 12.8. The average molecular weight is 334 g/mol. The molecule has 0 saturated carbocycles. The van der Waals surface area contributed by atoms with E-state index in [-0.39, 0.29) is 23.0 Å². The van der Waals surface area contributed by atoms with E-state index in [1.165, 1.54) is 0 Å². The molecule has 128 valence electrons. The summed E-state index contributed by atoms with van der Waals surface area (Å²) in [5, 5.41) is 16.6. The molecule has 0 aromatic heterocycles. The van der Waals surface area contributed by atoms with Crippen molar-refractivity contribution < 1.29 is 9.90 Å². The first-order chi connectivity index (χ1) is 11.9. The highest BCUT2D eigenvalue weighted by atomic mass is 16.3. The van der Waals surface area contributed by atoms with Gasteiger partial charge in [0.25, 0.3) is 0 Å². The first kappa shape index (κ1) is 15.8. The third-order valence-electron chi connectivity index (χ3n) is 4.97. The molecule has 1 aliphatic heterocycles. The van der Waals surface area contributed by atoms with Gasteiger partial charge in [0, 0.05) is 6.42 Å². The van der Waals surface area contributed by atoms with Crippen molar-refractivity contribution in [3.63, 3.8) is 0 Å². The van der Waals surface area contributed by atoms with Crippen molar-refractivity contribution >= 4 is 17.2 Å². The number of hydrogen-bond acceptors (Lipinski definition) is 4. The number of hydrogen-bond donors (Lipinski definition) is 3. The molecule has 0 amide bonds. The van der Waals surface area contributed by atoms with Crippen LogP contribution in [-0.4, -0.2) is 10.9 Å². The summed E-state index contributed by atoms with van der Waals surface area (Å²) in [6.07, 6.45) is 1.39. The van der Waals surface area contributed by atoms with Gasteiger partial charge in [-0.15, -0.1) is 0 Å². The number of nitrogens with one attached hydrogen (secondary N) is 2. The molecule has 3 N–H and O–H groups in total. The van der Waals surface area contributed by atoms with Crippen LogP contribution in [-0.2, 0) is 4.79 Å². The van der Waals surface area contributed by atoms with Crippen molar-refractivity contribution in [1.82, 2.24) is 0 Å². The lowest BCUT2D eigenvalue weighted by Crippen LogP contribution is -2.31. The van der Waals surface area contributed by atoms with Crippen LogP contribution >= 0.6 is 0 Å². The number of carbonyl (C=O) groups is 1. The first-order valence-electron chi connectivity index (χ1n) is 8.61. The number of phenolic OH excluding ortho intramolecular Hbond substituents is 1. The van der Waals surface area contributed by atoms with Crippen molar-refractivity contribution in [3.8, 4) is 5.75 Å². The lowest BCUT2D eigenvalue weighted by Gasteiger charge is -2.35. The van der Waals surface area contributed by atoms with E-state index >= 15 is 0 Å². The Morgan fingerprint density at radius 2 is 1.68 bits per heavy atom. The Kier molecular flexibility index (Phi) is 3.57. The molecule has 1 atom stereocenters. The molecule has 4 rings (SSSR count). The lowest BCUT2D eigenvalue weighted by atomic mass is 9.73. The van der Waals surface area contributed by atoms with Crippen molar-refractivity contribution in [2.45, 2.75) is 32.7 Å². The minimum atomic E-state index is -0.102. The largest absolute Gasteiger partial charge is 0.508 e. The number of anilines is 2. The second kappa shape index (κ2) is 5.66. The molecule has 2 aromatic rings. The molecule has 1 aliphatic carbocycles. The molecular formula is C21H22N2O2. The fraction of sp³-hybridized carbons (Fsp3) is 0.286. The third-order valence-corrected chi connectivity index (χ3v) is 4.97. The van der Waals surface area contributed by atoms with Crippen LogP contribution in [0.1, 0.15) is 38.3 Å². The van der Waals surface area contributed by atoms with E-state index in [9.17, 15) is 9.90 Å². The number of carbonyl (C=O) groups excluding carboxylic acids is 1. The van der Waals surface area contributed by atoms with Gasteiger partial charge >= 0.3 is 0 Å². The van der Waals surface area contributed by atoms with E-state index < -0.39 is 0 Å². The quantitative estimate of drug-likeness (QED) is 0.712. The Morgan fingerprint density at radius 3 is 2.40 bits per heavy atom. The van der Waals surface area contributed by atoms with Gasteiger partial charge in [0.2, 0.25) is 0 Å². The molecule has 0 fully saturated rings. The molecule has 0 bridgehead atoms. The maximum atomic E-state index is 12.8. The number of Topliss-reactive ketones (excluding diaryl/α,β-unsaturated/α-hetero) is 1. The predicted molar refractivity (Wildman–Crippen MR) is 99.6 cm³/mol. The Balaban J connectivity index is 1.88. The number of benzene rings is 2. The van der Waals surface area contributed by atoms with Crippen LogP contribution in [0.4, 0.5) is 11.4 Å². The summed E-state index contributed by atoms with van der Waals surface area (Å²) in [7, 11) is 0. The fourth-order valence-electron chi connectivity index (χ4n) is 3.81. The zero-order chi connectivity index (χ0) is 17.6. The highest BCUT2D eigenvalue weighted by molar-refractivity contribution is 6.02. The summed E-state index contributed by atoms with van der Waals surface area (Å²) >= 11 is 0. The molecule has 1 unspecified atom stereocenters. The van der Waals surface area contributed by atoms with Gasteiger partial charge in [-0.2, -0.15) is 0 Å². The molecule has 4 nitrogen and oxygen atoms in total. The molecule has 2 aromatic carbocycles. The molecule has 25 heavy (non-hydrogen) atoms. The number of fused-ring (bicyclic) bond motifs is 1. The van der Waals surface area contributed by atoms with E-state index in [2.05, 4.69) is 24.5 Å². The summed E-state index contributed by atoms with van der Waals surface area (Å²) in [5.41, 5.74) is 4.67. The smallest absolute Gasteiger partial charge is 0.179 e. The van der Waals surface area contributed by atoms with Crippen LogP contribution in [0.5, 0.6) is 5.75 Å². The third kappa shape index (κ3) is 2.88. The minimum Gasteiger partial charge on any atom is -0.508 e. The Bertz CT molecular complexity index is 866. The van der Waals surface area contributed by atoms with Crippen LogP contribution < -0.4 is 10.6 Å². The normalized spacial score (nSPS) is 21.5. The predicted octanol–water partition coefficient (Wildman–Crippen LogP) is 4.61. The van der Waals surface area contributed by atoms with Crippen LogP contribution in [0.3, 0.4) is 0 Å². The van der Waals surface area contributed by atoms with Crippen LogP contribution in [0, 0.1) is 5.41 Å². The van der Waals surface area contributed by atoms with E-state index in [0.717, 1.165) is 34.6 Å². The molecule has 2 aliphatic rings. The summed E-state index contributed by atoms with van der Waals surface area (Å²) in [6.45, 7) is 4.28. The summed E-state index contributed by atoms with van der Waals surface area (Å²) in [6, 6.07) is 15.1. The highest BCUT2D eigenvalue weighted by Gasteiger charge is 2.38. The summed E-state index contributed by atoms with van der Waals surface area (Å²) < 4.78 is 0. The van der Waals surface area contributed by atoms with Gasteiger partial charge in [0.05, 0.1) is 23.1 Å². The number of rotatable bonds is 1. The van der Waals surface area contributed by atoms with Crippen LogP contribution in [0.25, 0.3) is 0 Å². The van der Waals surface area contributed by atoms with Gasteiger partial charge < -0.3 is 15.7 Å². The van der Waals surface area contributed by atoms with E-state index in [1.54, 1.807) is 12.1 Å². The van der Waals surface area contributed by atoms with Crippen molar-refractivity contribution in [1.29, 1.82) is 0 Å². The SMILES string of the molecule is CC1(C)CC(=O)C2=C(C1)C(c1ccc(O)cc1)Nc1ccccc1N2. The van der Waals surface area contributed by atoms with Gasteiger partial charge in [-0.1, -0.05) is 38.1 Å². The first-order valence-corrected chi connectivity index (χ1v) is 8.61. The lowest BCUT2D eigenvalue weighted by molar-refractivity contribution is -0.118. The van der Waals surface area contributed by atoms with Crippen molar-refractivity contribution in [3.05, 3.63) is 65.4 Å². The molecule has 4 heteroatoms. The zero-order valence-electron chi connectivity index (χ0n) is 14.5. The molecule has 0 saturated heterocycles. The average Bonchev–Trinajstić information content (AvgIpc) is 2.72. The number of ketones is 1. The molecule has 0 radical (unpaired) electrons. The summed E-state index contributed by atoms with van der Waals surface area (Å²) in [5.74, 6) is 0.402. The summed E-state index contributed by atoms with van der Waals surface area (Å²) in [4.78, 5) is 12.8. The standard InChI is InChI=1S/C21H22N2O2/c1-21(2)11-15-19(13-7-9-14(24)10-8-13)22-16-5-3-4-6-17(16)23-20(15)18(25)12-21/h3-10,19,22-24H,11-12H2,1-2H3. The van der Waals surface area contributed by atoms with Gasteiger partial charge in [0.1, 0.15) is 5.75 Å². The molecule has 1 heterocycles. The van der Waals surface area contributed by atoms with Crippen LogP contribution in [0.2, 0.25) is 0 Å².